The number of alkyl halides is 3. The molecule has 2 amide bonds. The Labute approximate surface area is 154 Å². The number of carbonyl (C=O) groups is 2. The summed E-state index contributed by atoms with van der Waals surface area (Å²) in [5.41, 5.74) is -0.0630. The van der Waals surface area contributed by atoms with E-state index in [9.17, 15) is 22.8 Å². The van der Waals surface area contributed by atoms with E-state index in [0.717, 1.165) is 35.0 Å². The van der Waals surface area contributed by atoms with Crippen molar-refractivity contribution in [3.63, 3.8) is 0 Å². The van der Waals surface area contributed by atoms with Crippen molar-refractivity contribution in [1.82, 2.24) is 20.0 Å². The Bertz CT molecular complexity index is 861. The molecule has 1 N–H and O–H groups in total. The van der Waals surface area contributed by atoms with E-state index in [1.54, 1.807) is 17.0 Å². The number of benzene rings is 1. The van der Waals surface area contributed by atoms with Crippen LogP contribution in [-0.4, -0.2) is 33.0 Å². The van der Waals surface area contributed by atoms with Gasteiger partial charge in [-0.05, 0) is 17.5 Å². The number of rotatable bonds is 5. The van der Waals surface area contributed by atoms with Crippen LogP contribution in [0, 0.1) is 0 Å². The van der Waals surface area contributed by atoms with Crippen LogP contribution in [0.2, 0.25) is 0 Å². The molecule has 1 aliphatic heterocycles. The average Bonchev–Trinajstić information content (AvgIpc) is 3.19. The van der Waals surface area contributed by atoms with Crippen molar-refractivity contribution in [1.29, 1.82) is 0 Å². The third-order valence-corrected chi connectivity index (χ3v) is 4.33. The number of nitrogens with one attached hydrogen (secondary N) is 1. The van der Waals surface area contributed by atoms with Crippen LogP contribution in [-0.2, 0) is 31.1 Å². The molecular formula is C18H19F3N4O2. The van der Waals surface area contributed by atoms with Gasteiger partial charge in [-0.1, -0.05) is 24.3 Å². The van der Waals surface area contributed by atoms with Gasteiger partial charge in [-0.15, -0.1) is 0 Å². The maximum Gasteiger partial charge on any atom is 0.435 e. The molecule has 0 spiro atoms. The molecule has 1 aromatic heterocycles. The second-order valence-electron chi connectivity index (χ2n) is 6.48. The first-order valence-electron chi connectivity index (χ1n) is 8.48. The molecule has 1 saturated heterocycles. The number of hydrogen-bond donors (Lipinski definition) is 1. The van der Waals surface area contributed by atoms with Gasteiger partial charge >= 0.3 is 6.18 Å². The van der Waals surface area contributed by atoms with E-state index in [4.69, 9.17) is 0 Å². The van der Waals surface area contributed by atoms with Gasteiger partial charge in [0, 0.05) is 39.3 Å². The topological polar surface area (TPSA) is 67.2 Å². The summed E-state index contributed by atoms with van der Waals surface area (Å²) in [4.78, 5) is 25.7. The second kappa shape index (κ2) is 7.42. The molecule has 2 heterocycles. The van der Waals surface area contributed by atoms with Gasteiger partial charge in [-0.2, -0.15) is 18.3 Å². The van der Waals surface area contributed by atoms with Crippen molar-refractivity contribution < 1.29 is 22.8 Å². The summed E-state index contributed by atoms with van der Waals surface area (Å²) in [5.74, 6) is -0.722. The van der Waals surface area contributed by atoms with Gasteiger partial charge in [0.05, 0.1) is 5.56 Å². The number of carbonyl (C=O) groups excluding carboxylic acids is 2. The fourth-order valence-corrected chi connectivity index (χ4v) is 3.07. The normalized spacial score (nSPS) is 14.7. The maximum absolute atomic E-state index is 13.0. The second-order valence-corrected chi connectivity index (χ2v) is 6.48. The highest BCUT2D eigenvalue weighted by atomic mass is 19.4. The first-order chi connectivity index (χ1) is 12.7. The predicted octanol–water partition coefficient (Wildman–Crippen LogP) is 2.49. The summed E-state index contributed by atoms with van der Waals surface area (Å²) in [7, 11) is 1.33. The quantitative estimate of drug-likeness (QED) is 0.867. The van der Waals surface area contributed by atoms with Crippen LogP contribution in [0.1, 0.15) is 40.0 Å². The third kappa shape index (κ3) is 4.47. The lowest BCUT2D eigenvalue weighted by molar-refractivity contribution is -0.141. The van der Waals surface area contributed by atoms with E-state index in [2.05, 4.69) is 10.4 Å². The van der Waals surface area contributed by atoms with E-state index in [-0.39, 0.29) is 12.5 Å². The van der Waals surface area contributed by atoms with E-state index in [1.807, 2.05) is 12.1 Å². The van der Waals surface area contributed by atoms with Crippen LogP contribution in [0.3, 0.4) is 0 Å². The summed E-state index contributed by atoms with van der Waals surface area (Å²) in [6.07, 6.45) is -2.24. The monoisotopic (exact) mass is 380 g/mol. The van der Waals surface area contributed by atoms with E-state index in [1.165, 1.54) is 7.05 Å². The molecule has 0 atom stereocenters. The molecule has 1 aliphatic rings. The van der Waals surface area contributed by atoms with Crippen molar-refractivity contribution >= 4 is 11.8 Å². The van der Waals surface area contributed by atoms with Gasteiger partial charge in [-0.3, -0.25) is 14.3 Å². The minimum atomic E-state index is -4.70. The minimum Gasteiger partial charge on any atom is -0.348 e. The Kier molecular flexibility index (Phi) is 5.20. The molecule has 0 saturated carbocycles. The van der Waals surface area contributed by atoms with Crippen LogP contribution in [0.25, 0.3) is 0 Å². The zero-order valence-electron chi connectivity index (χ0n) is 14.7. The van der Waals surface area contributed by atoms with Crippen molar-refractivity contribution in [3.8, 4) is 0 Å². The molecule has 9 heteroatoms. The summed E-state index contributed by atoms with van der Waals surface area (Å²) in [6.45, 7) is 1.29. The van der Waals surface area contributed by atoms with E-state index < -0.39 is 23.3 Å². The van der Waals surface area contributed by atoms with Crippen LogP contribution in [0.15, 0.2) is 30.5 Å². The lowest BCUT2D eigenvalue weighted by atomic mass is 10.1. The van der Waals surface area contributed by atoms with Crippen molar-refractivity contribution in [3.05, 3.63) is 52.8 Å². The molecule has 27 heavy (non-hydrogen) atoms. The number of nitrogens with zero attached hydrogens (tertiary/aromatic N) is 3. The van der Waals surface area contributed by atoms with Gasteiger partial charge in [0.15, 0.2) is 5.69 Å². The highest BCUT2D eigenvalue weighted by Crippen LogP contribution is 2.30. The average molecular weight is 380 g/mol. The summed E-state index contributed by atoms with van der Waals surface area (Å²) in [6, 6.07) is 7.27. The fourth-order valence-electron chi connectivity index (χ4n) is 3.07. The smallest absolute Gasteiger partial charge is 0.348 e. The van der Waals surface area contributed by atoms with Gasteiger partial charge in [0.2, 0.25) is 5.91 Å². The zero-order chi connectivity index (χ0) is 19.6. The lowest BCUT2D eigenvalue weighted by Gasteiger charge is -2.16. The maximum atomic E-state index is 13.0. The van der Waals surface area contributed by atoms with Crippen LogP contribution < -0.4 is 5.32 Å². The molecule has 2 aromatic rings. The number of amides is 2. The number of likely N-dealkylation sites (tertiary alicyclic amines) is 1. The summed E-state index contributed by atoms with van der Waals surface area (Å²) >= 11 is 0. The van der Waals surface area contributed by atoms with Crippen LogP contribution >= 0.6 is 0 Å². The van der Waals surface area contributed by atoms with Crippen LogP contribution in [0.5, 0.6) is 0 Å². The standard InChI is InChI=1S/C18H19F3N4O2/c1-24-11-14(16(23-24)18(19,20)21)17(27)22-9-12-4-2-5-13(8-12)10-25-7-3-6-15(25)26/h2,4-5,8,11H,3,6-7,9-10H2,1H3,(H,22,27). The third-order valence-electron chi connectivity index (χ3n) is 4.33. The molecule has 1 fully saturated rings. The molecule has 0 radical (unpaired) electrons. The number of aryl methyl sites for hydroxylation is 1. The Balaban J connectivity index is 1.66. The molecule has 0 unspecified atom stereocenters. The SMILES string of the molecule is Cn1cc(C(=O)NCc2cccc(CN3CCCC3=O)c2)c(C(F)(F)F)n1. The zero-order valence-corrected chi connectivity index (χ0v) is 14.7. The van der Waals surface area contributed by atoms with E-state index >= 15 is 0 Å². The Hall–Kier alpha value is -2.84. The molecule has 6 nitrogen and oxygen atoms in total. The molecule has 144 valence electrons. The number of hydrogen-bond acceptors (Lipinski definition) is 3. The van der Waals surface area contributed by atoms with Gasteiger partial charge < -0.3 is 10.2 Å². The summed E-state index contributed by atoms with van der Waals surface area (Å²) in [5, 5.41) is 5.83. The molecule has 0 bridgehead atoms. The largest absolute Gasteiger partial charge is 0.435 e. The number of halogens is 3. The van der Waals surface area contributed by atoms with Gasteiger partial charge in [-0.25, -0.2) is 0 Å². The Morgan fingerprint density at radius 1 is 1.30 bits per heavy atom. The minimum absolute atomic E-state index is 0.0762. The van der Waals surface area contributed by atoms with Crippen molar-refractivity contribution in [2.75, 3.05) is 6.54 Å². The molecular weight excluding hydrogens is 361 g/mol. The van der Waals surface area contributed by atoms with Crippen molar-refractivity contribution in [2.24, 2.45) is 7.05 Å². The highest BCUT2D eigenvalue weighted by Gasteiger charge is 2.38. The Morgan fingerprint density at radius 3 is 2.70 bits per heavy atom. The molecule has 3 rings (SSSR count). The first kappa shape index (κ1) is 18.9. The fraction of sp³-hybridized carbons (Fsp3) is 0.389. The lowest BCUT2D eigenvalue weighted by Crippen LogP contribution is -2.26. The molecule has 1 aromatic carbocycles. The molecule has 0 aliphatic carbocycles. The van der Waals surface area contributed by atoms with Crippen LogP contribution in [0.4, 0.5) is 13.2 Å². The first-order valence-corrected chi connectivity index (χ1v) is 8.48. The predicted molar refractivity (Wildman–Crippen MR) is 90.5 cm³/mol. The number of aromatic nitrogens is 2. The Morgan fingerprint density at radius 2 is 2.04 bits per heavy atom. The van der Waals surface area contributed by atoms with Gasteiger partial charge in [0.25, 0.3) is 5.91 Å². The highest BCUT2D eigenvalue weighted by molar-refractivity contribution is 5.95. The van der Waals surface area contributed by atoms with Gasteiger partial charge in [0.1, 0.15) is 0 Å². The van der Waals surface area contributed by atoms with E-state index in [0.29, 0.717) is 13.0 Å². The van der Waals surface area contributed by atoms with Crippen molar-refractivity contribution in [2.45, 2.75) is 32.1 Å². The summed E-state index contributed by atoms with van der Waals surface area (Å²) < 4.78 is 39.9.